The lowest BCUT2D eigenvalue weighted by atomic mass is 10.1. The number of aromatic nitrogens is 16. The molecule has 0 unspecified atom stereocenters. The van der Waals surface area contributed by atoms with Gasteiger partial charge in [-0.25, -0.2) is 76.2 Å². The predicted molar refractivity (Wildman–Crippen MR) is 503 cm³/mol. The summed E-state index contributed by atoms with van der Waals surface area (Å²) in [6.07, 6.45) is 3.09. The van der Waals surface area contributed by atoms with Crippen LogP contribution in [0.5, 0.6) is 5.75 Å². The Morgan fingerprint density at radius 3 is 1.06 bits per heavy atom. The smallest absolute Gasteiger partial charge is 0.422 e. The Morgan fingerprint density at radius 1 is 0.350 bits per heavy atom. The number of nitrogens with one attached hydrogen (secondary N) is 5. The molecule has 0 radical (unpaired) electrons. The first-order valence-corrected chi connectivity index (χ1v) is 41.9. The molecule has 0 fully saturated rings. The highest BCUT2D eigenvalue weighted by Crippen LogP contribution is 2.38. The van der Waals surface area contributed by atoms with Gasteiger partial charge in [0.2, 0.25) is 0 Å². The number of alkyl halides is 3. The lowest BCUT2D eigenvalue weighted by molar-refractivity contribution is -0.142. The molecule has 6 aromatic carbocycles. The molecule has 0 saturated heterocycles. The van der Waals surface area contributed by atoms with Gasteiger partial charge in [-0.15, -0.1) is 0 Å². The van der Waals surface area contributed by atoms with Gasteiger partial charge in [-0.2, -0.15) is 34.2 Å². The van der Waals surface area contributed by atoms with Crippen molar-refractivity contribution in [3.63, 3.8) is 0 Å². The highest BCUT2D eigenvalue weighted by atomic mass is 35.5. The second-order valence-electron chi connectivity index (χ2n) is 30.6. The monoisotopic (exact) mass is 1860 g/mol. The van der Waals surface area contributed by atoms with Crippen molar-refractivity contribution in [3.8, 4) is 81.4 Å². The summed E-state index contributed by atoms with van der Waals surface area (Å²) in [7, 11) is 1.60. The Hall–Kier alpha value is -18.4. The van der Waals surface area contributed by atoms with E-state index in [0.717, 1.165) is 45.1 Å². The number of nitriles is 4. The fourth-order valence-electron chi connectivity index (χ4n) is 14.9. The normalized spacial score (nSPS) is 10.9. The standard InChI is InChI=1S/C21H16FN5O.C21H16FN5.C20H13ClFN5.C20H14FN5.C19H12F5N5/c1-13-21(27-12-15(22)3-8-20(27)24-13)18-9-14(11-23)10-19(26-18)25-16-4-6-17(28-2)7-5-16;1-13-3-6-17(7-4-13)25-19-10-15(11-23)9-18(26-19)21-14(2)24-20-8-5-16(22)12-27(20)21;1-12-20(27-11-15(22)4-7-19(27)24-12)17-8-13(10-23)9-18(26-17)25-16-5-2-14(21)3-6-16;1-13-20(26-12-15(21)7-8-19(26)23-13)17-9-14(11-22)10-18(25-17)24-16-5-3-2-4-6-16;1-10-26-14-4-2-3-5-15(14)29(10)17-9-25-8-16(28-17)27-11-6-12(20)18(13(21)7-11)19(22,23)24/h3-10,12H,1-2H3,(H,25,26);3-10,12H,1-2H3,(H,25,26);2-9,11H,1H3,(H,25,26);2-10,12H,1H3,(H,24,25);2-9H,1H3,(H,27,28). The van der Waals surface area contributed by atoms with Gasteiger partial charge < -0.3 is 31.3 Å². The van der Waals surface area contributed by atoms with Gasteiger partial charge in [-0.1, -0.05) is 59.6 Å². The minimum Gasteiger partial charge on any atom is -0.497 e. The average molecular weight is 1860 g/mol. The van der Waals surface area contributed by atoms with Crippen molar-refractivity contribution in [3.05, 3.63) is 376 Å². The van der Waals surface area contributed by atoms with Crippen LogP contribution in [0.1, 0.15) is 62.0 Å². The molecule has 26 nitrogen and oxygen atoms in total. The Kier molecular flexibility index (Phi) is 26.7. The van der Waals surface area contributed by atoms with Gasteiger partial charge in [0.05, 0.1) is 145 Å². The molecule has 0 saturated carbocycles. The predicted octanol–water partition coefficient (Wildman–Crippen LogP) is 24.0. The van der Waals surface area contributed by atoms with Gasteiger partial charge in [-0.05, 0) is 236 Å². The molecule has 0 aliphatic heterocycles. The van der Waals surface area contributed by atoms with E-state index in [1.807, 2.05) is 150 Å². The summed E-state index contributed by atoms with van der Waals surface area (Å²) >= 11 is 5.91. The van der Waals surface area contributed by atoms with Crippen molar-refractivity contribution < 1.29 is 44.3 Å². The lowest BCUT2D eigenvalue weighted by Gasteiger charge is -2.12. The molecule has 20 rings (SSSR count). The number of pyridine rings is 8. The summed E-state index contributed by atoms with van der Waals surface area (Å²) in [5.74, 6) is -0.982. The summed E-state index contributed by atoms with van der Waals surface area (Å²) in [6.45, 7) is 11.1. The summed E-state index contributed by atoms with van der Waals surface area (Å²) in [5.41, 5.74) is 15.7. The minimum atomic E-state index is -5.13. The summed E-state index contributed by atoms with van der Waals surface area (Å²) in [4.78, 5) is 49.1. The van der Waals surface area contributed by atoms with E-state index >= 15 is 0 Å². The fraction of sp³-hybridized carbons (Fsp3) is 0.0792. The number of fused-ring (bicyclic) bond motifs is 5. The molecular formula is C101H71ClF9N25O. The number of imidazole rings is 5. The molecule has 0 spiro atoms. The molecule has 20 aromatic rings. The number of halogens is 10. The van der Waals surface area contributed by atoms with E-state index in [2.05, 4.69) is 106 Å². The van der Waals surface area contributed by atoms with E-state index < -0.39 is 23.4 Å². The first kappa shape index (κ1) is 91.9. The molecule has 0 aliphatic rings. The highest BCUT2D eigenvalue weighted by molar-refractivity contribution is 6.30. The summed E-state index contributed by atoms with van der Waals surface area (Å²) in [5, 5.41) is 53.6. The van der Waals surface area contributed by atoms with Crippen LogP contribution in [0.15, 0.2) is 274 Å². The summed E-state index contributed by atoms with van der Waals surface area (Å²) < 4.78 is 134. The Balaban J connectivity index is 0.000000124. The molecule has 0 atom stereocenters. The van der Waals surface area contributed by atoms with Gasteiger partial charge >= 0.3 is 6.18 Å². The molecular weight excluding hydrogens is 1790 g/mol. The highest BCUT2D eigenvalue weighted by Gasteiger charge is 2.38. The van der Waals surface area contributed by atoms with Gasteiger partial charge in [-0.3, -0.25) is 27.2 Å². The number of hydrogen-bond donors (Lipinski definition) is 5. The number of hydrogen-bond acceptors (Lipinski definition) is 21. The molecule has 0 bridgehead atoms. The molecule has 137 heavy (non-hydrogen) atoms. The van der Waals surface area contributed by atoms with Crippen LogP contribution in [0.25, 0.3) is 85.0 Å². The van der Waals surface area contributed by atoms with Gasteiger partial charge in [0.1, 0.15) is 97.9 Å². The number of methoxy groups -OCH3 is 1. The number of anilines is 10. The molecule has 5 N–H and O–H groups in total. The zero-order valence-corrected chi connectivity index (χ0v) is 73.9. The van der Waals surface area contributed by atoms with Crippen molar-refractivity contribution in [2.24, 2.45) is 0 Å². The topological polar surface area (TPSA) is 329 Å². The Labute approximate surface area is 779 Å². The Bertz CT molecular complexity index is 7950. The van der Waals surface area contributed by atoms with Crippen LogP contribution in [0.2, 0.25) is 5.02 Å². The third-order valence-corrected chi connectivity index (χ3v) is 21.1. The van der Waals surface area contributed by atoms with Crippen LogP contribution in [0, 0.1) is 122 Å². The van der Waals surface area contributed by atoms with E-state index in [-0.39, 0.29) is 34.8 Å². The van der Waals surface area contributed by atoms with Gasteiger partial charge in [0, 0.05) is 58.2 Å². The molecule has 676 valence electrons. The minimum absolute atomic E-state index is 0.0956. The maximum absolute atomic E-state index is 13.8. The molecule has 36 heteroatoms. The maximum atomic E-state index is 13.8. The van der Waals surface area contributed by atoms with Crippen molar-refractivity contribution in [2.75, 3.05) is 33.7 Å². The number of benzene rings is 6. The van der Waals surface area contributed by atoms with Crippen molar-refractivity contribution in [2.45, 2.75) is 47.7 Å². The third kappa shape index (κ3) is 21.2. The molecule has 0 amide bonds. The first-order chi connectivity index (χ1) is 66.0. The second-order valence-corrected chi connectivity index (χ2v) is 31.0. The Morgan fingerprint density at radius 2 is 0.693 bits per heavy atom. The van der Waals surface area contributed by atoms with Gasteiger partial charge in [0.15, 0.2) is 11.6 Å². The van der Waals surface area contributed by atoms with E-state index in [4.69, 9.17) is 16.3 Å². The number of rotatable bonds is 16. The van der Waals surface area contributed by atoms with Crippen LogP contribution in [-0.2, 0) is 6.18 Å². The van der Waals surface area contributed by atoms with E-state index in [9.17, 15) is 60.6 Å². The molecule has 14 aromatic heterocycles. The summed E-state index contributed by atoms with van der Waals surface area (Å²) in [6, 6.07) is 74.3. The third-order valence-electron chi connectivity index (χ3n) is 20.8. The van der Waals surface area contributed by atoms with Crippen LogP contribution >= 0.6 is 11.6 Å². The van der Waals surface area contributed by atoms with Crippen LogP contribution < -0.4 is 31.3 Å². The number of ether oxygens (including phenoxy) is 1. The number of aryl methyl sites for hydroxylation is 6. The fourth-order valence-corrected chi connectivity index (χ4v) is 15.0. The quantitative estimate of drug-likeness (QED) is 0.0561. The number of nitrogens with zero attached hydrogens (tertiary/aromatic N) is 20. The second kappa shape index (κ2) is 39.8. The van der Waals surface area contributed by atoms with E-state index in [0.29, 0.717) is 165 Å². The molecule has 0 aliphatic carbocycles. The zero-order valence-electron chi connectivity index (χ0n) is 73.1. The average Bonchev–Trinajstić information content (AvgIpc) is 1.63. The van der Waals surface area contributed by atoms with Crippen LogP contribution in [0.3, 0.4) is 0 Å². The number of para-hydroxylation sites is 3. The van der Waals surface area contributed by atoms with Crippen molar-refractivity contribution in [1.82, 2.24) is 77.0 Å². The van der Waals surface area contributed by atoms with Crippen molar-refractivity contribution >= 4 is 103 Å². The van der Waals surface area contributed by atoms with E-state index in [1.165, 1.54) is 61.4 Å². The largest absolute Gasteiger partial charge is 0.497 e. The van der Waals surface area contributed by atoms with Crippen LogP contribution in [0.4, 0.5) is 97.0 Å². The van der Waals surface area contributed by atoms with Crippen molar-refractivity contribution in [1.29, 1.82) is 21.0 Å². The zero-order chi connectivity index (χ0) is 96.5. The molecule has 14 heterocycles. The van der Waals surface area contributed by atoms with Crippen LogP contribution in [-0.4, -0.2) is 84.1 Å². The first-order valence-electron chi connectivity index (χ1n) is 41.5. The SMILES string of the molecule is COc1ccc(Nc2cc(C#N)cc(-c3c(C)nc4ccc(F)cn34)n2)cc1.Cc1ccc(Nc2cc(C#N)cc(-c3c(C)nc4ccc(F)cn34)n2)cc1.Cc1nc2ccc(F)cn2c1-c1cc(C#N)cc(Nc2ccc(Cl)cc2)n1.Cc1nc2ccc(F)cn2c1-c1cc(C#N)cc(Nc2ccccc2)n1.Cc1nc2ccccc2n1-c1cncc(Nc2cc(F)c(C(F)(F)F)c(F)c2)n1. The lowest BCUT2D eigenvalue weighted by Crippen LogP contribution is -2.12. The van der Waals surface area contributed by atoms with E-state index in [1.54, 1.807) is 121 Å². The van der Waals surface area contributed by atoms with Gasteiger partial charge in [0.25, 0.3) is 0 Å². The maximum Gasteiger partial charge on any atom is 0.422 e.